The molecule has 3 aromatic rings. The van der Waals surface area contributed by atoms with Crippen LogP contribution in [0.3, 0.4) is 0 Å². The Morgan fingerprint density at radius 2 is 1.88 bits per heavy atom. The fourth-order valence-corrected chi connectivity index (χ4v) is 7.81. The predicted octanol–water partition coefficient (Wildman–Crippen LogP) is 7.69. The van der Waals surface area contributed by atoms with Crippen molar-refractivity contribution >= 4 is 28.4 Å². The molecule has 51 heavy (non-hydrogen) atoms. The summed E-state index contributed by atoms with van der Waals surface area (Å²) in [5.41, 5.74) is 1.73. The molecule has 0 aliphatic carbocycles. The van der Waals surface area contributed by atoms with E-state index in [9.17, 15) is 9.50 Å². The van der Waals surface area contributed by atoms with E-state index in [0.717, 1.165) is 51.6 Å². The SMILES string of the molecule is C=CCCOCCCN1CCC[C@H]1COc1nc(N2CC3CCC(C2)N3)c2cc(F)c(/C(C)=C/C(O)=C\c3ccc(F)c(CC)c3C)c(F)c2n1. The van der Waals surface area contributed by atoms with Crippen molar-refractivity contribution in [3.63, 3.8) is 0 Å². The molecule has 8 nitrogen and oxygen atoms in total. The lowest BCUT2D eigenvalue weighted by molar-refractivity contribution is 0.113. The minimum atomic E-state index is -0.844. The van der Waals surface area contributed by atoms with E-state index in [1.165, 1.54) is 24.3 Å². The van der Waals surface area contributed by atoms with Gasteiger partial charge in [-0.05, 0) is 112 Å². The number of halogens is 3. The zero-order chi connectivity index (χ0) is 36.1. The Morgan fingerprint density at radius 1 is 1.10 bits per heavy atom. The monoisotopic (exact) mass is 705 g/mol. The van der Waals surface area contributed by atoms with Gasteiger partial charge in [0.15, 0.2) is 5.82 Å². The smallest absolute Gasteiger partial charge is 0.319 e. The van der Waals surface area contributed by atoms with E-state index >= 15 is 8.78 Å². The van der Waals surface area contributed by atoms with Crippen molar-refractivity contribution < 1.29 is 27.8 Å². The molecule has 3 aliphatic rings. The van der Waals surface area contributed by atoms with Crippen LogP contribution < -0.4 is 15.0 Å². The highest BCUT2D eigenvalue weighted by atomic mass is 19.1. The molecule has 0 spiro atoms. The summed E-state index contributed by atoms with van der Waals surface area (Å²) in [6, 6.07) is 5.01. The Hall–Kier alpha value is -3.93. The van der Waals surface area contributed by atoms with E-state index in [1.807, 2.05) is 13.0 Å². The van der Waals surface area contributed by atoms with E-state index in [2.05, 4.69) is 26.7 Å². The average molecular weight is 706 g/mol. The molecule has 1 aromatic heterocycles. The van der Waals surface area contributed by atoms with Crippen molar-refractivity contribution in [2.24, 2.45) is 0 Å². The molecular formula is C40H50F3N5O3. The molecule has 0 radical (unpaired) electrons. The van der Waals surface area contributed by atoms with Gasteiger partial charge in [0.25, 0.3) is 0 Å². The van der Waals surface area contributed by atoms with Crippen LogP contribution in [-0.2, 0) is 11.2 Å². The normalized spacial score (nSPS) is 21.2. The number of allylic oxidation sites excluding steroid dienone is 2. The number of aromatic nitrogens is 2. The number of piperazine rings is 1. The summed E-state index contributed by atoms with van der Waals surface area (Å²) in [6.45, 7) is 13.8. The lowest BCUT2D eigenvalue weighted by atomic mass is 9.98. The molecule has 3 fully saturated rings. The molecular weight excluding hydrogens is 655 g/mol. The molecule has 0 saturated carbocycles. The highest BCUT2D eigenvalue weighted by Crippen LogP contribution is 2.36. The van der Waals surface area contributed by atoms with Crippen LogP contribution in [-0.4, -0.2) is 84.1 Å². The van der Waals surface area contributed by atoms with Crippen LogP contribution in [0.25, 0.3) is 22.6 Å². The highest BCUT2D eigenvalue weighted by molar-refractivity contribution is 5.93. The molecule has 3 atom stereocenters. The number of fused-ring (bicyclic) bond motifs is 3. The number of nitrogens with zero attached hydrogens (tertiary/aromatic N) is 4. The molecule has 4 heterocycles. The molecule has 2 aromatic carbocycles. The van der Waals surface area contributed by atoms with Gasteiger partial charge in [-0.25, -0.2) is 13.2 Å². The van der Waals surface area contributed by atoms with Crippen molar-refractivity contribution in [2.45, 2.75) is 83.8 Å². The number of anilines is 1. The number of aliphatic hydroxyl groups is 1. The molecule has 2 bridgehead atoms. The Bertz CT molecular complexity index is 1790. The Morgan fingerprint density at radius 3 is 2.63 bits per heavy atom. The van der Waals surface area contributed by atoms with Crippen molar-refractivity contribution in [1.82, 2.24) is 20.2 Å². The third-order valence-corrected chi connectivity index (χ3v) is 10.5. The first-order valence-corrected chi connectivity index (χ1v) is 18.3. The molecule has 274 valence electrons. The van der Waals surface area contributed by atoms with Crippen LogP contribution in [0.4, 0.5) is 19.0 Å². The maximum atomic E-state index is 16.6. The molecule has 6 rings (SSSR count). The maximum absolute atomic E-state index is 16.6. The standard InChI is InChI=1S/C40H50F3N5O3/c1-5-7-17-50-18-9-16-47-15-8-10-30(47)24-51-40-45-38-33(39(46-40)48-22-28-12-13-29(23-48)44-28)21-35(42)36(37(38)43)25(3)19-31(49)20-27-11-14-34(41)32(6-2)26(27)4/h5,11,14,19-21,28-30,44,49H,1,6-10,12-13,15-18,22-24H2,2-4H3/b25-19+,31-20+/t28?,29?,30-/m0/s1. The topological polar surface area (TPSA) is 83.0 Å². The van der Waals surface area contributed by atoms with Gasteiger partial charge in [0.2, 0.25) is 0 Å². The summed E-state index contributed by atoms with van der Waals surface area (Å²) in [5, 5.41) is 14.8. The van der Waals surface area contributed by atoms with Crippen molar-refractivity contribution in [3.05, 3.63) is 82.4 Å². The first-order valence-electron chi connectivity index (χ1n) is 18.3. The Kier molecular flexibility index (Phi) is 12.0. The fraction of sp³-hybridized carbons (Fsp3) is 0.500. The van der Waals surface area contributed by atoms with Crippen molar-refractivity contribution in [2.75, 3.05) is 50.9 Å². The second-order valence-electron chi connectivity index (χ2n) is 14.0. The van der Waals surface area contributed by atoms with Crippen LogP contribution in [0.2, 0.25) is 0 Å². The first-order chi connectivity index (χ1) is 24.7. The fourth-order valence-electron chi connectivity index (χ4n) is 7.81. The molecule has 11 heteroatoms. The lowest BCUT2D eigenvalue weighted by Crippen LogP contribution is -2.51. The number of hydrogen-bond acceptors (Lipinski definition) is 8. The van der Waals surface area contributed by atoms with Crippen LogP contribution in [0, 0.1) is 24.4 Å². The van der Waals surface area contributed by atoms with E-state index in [0.29, 0.717) is 61.8 Å². The van der Waals surface area contributed by atoms with E-state index < -0.39 is 11.6 Å². The minimum absolute atomic E-state index is 0.0320. The van der Waals surface area contributed by atoms with Crippen LogP contribution in [0.15, 0.2) is 42.7 Å². The number of hydrogen-bond donors (Lipinski definition) is 2. The molecule has 2 unspecified atom stereocenters. The number of likely N-dealkylation sites (tertiary alicyclic amines) is 1. The molecule has 3 aliphatic heterocycles. The zero-order valence-electron chi connectivity index (χ0n) is 30.0. The van der Waals surface area contributed by atoms with Crippen LogP contribution in [0.5, 0.6) is 6.01 Å². The molecule has 0 amide bonds. The third kappa shape index (κ3) is 8.42. The first kappa shape index (κ1) is 36.8. The van der Waals surface area contributed by atoms with Crippen molar-refractivity contribution in [3.8, 4) is 6.01 Å². The number of ether oxygens (including phenoxy) is 2. The van der Waals surface area contributed by atoms with Crippen LogP contribution in [0.1, 0.15) is 74.6 Å². The van der Waals surface area contributed by atoms with E-state index in [4.69, 9.17) is 14.5 Å². The Labute approximate surface area is 299 Å². The van der Waals surface area contributed by atoms with Gasteiger partial charge < -0.3 is 24.8 Å². The van der Waals surface area contributed by atoms with Gasteiger partial charge in [-0.2, -0.15) is 9.97 Å². The summed E-state index contributed by atoms with van der Waals surface area (Å²) in [7, 11) is 0. The van der Waals surface area contributed by atoms with Gasteiger partial charge in [-0.1, -0.05) is 19.1 Å². The third-order valence-electron chi connectivity index (χ3n) is 10.5. The second kappa shape index (κ2) is 16.6. The van der Waals surface area contributed by atoms with E-state index in [-0.39, 0.29) is 57.8 Å². The number of benzene rings is 2. The van der Waals surface area contributed by atoms with Gasteiger partial charge in [0.05, 0.1) is 5.56 Å². The summed E-state index contributed by atoms with van der Waals surface area (Å²) < 4.78 is 58.7. The number of rotatable bonds is 15. The number of nitrogens with one attached hydrogen (secondary N) is 1. The van der Waals surface area contributed by atoms with E-state index in [1.54, 1.807) is 19.9 Å². The summed E-state index contributed by atoms with van der Waals surface area (Å²) >= 11 is 0. The largest absolute Gasteiger partial charge is 0.508 e. The number of aliphatic hydroxyl groups excluding tert-OH is 1. The summed E-state index contributed by atoms with van der Waals surface area (Å²) in [4.78, 5) is 13.8. The Balaban J connectivity index is 1.29. The molecule has 2 N–H and O–H groups in total. The van der Waals surface area contributed by atoms with Crippen molar-refractivity contribution in [1.29, 1.82) is 0 Å². The summed E-state index contributed by atoms with van der Waals surface area (Å²) in [6.07, 6.45) is 11.0. The quantitative estimate of drug-likeness (QED) is 0.0722. The van der Waals surface area contributed by atoms with Crippen LogP contribution >= 0.6 is 0 Å². The molecule has 3 saturated heterocycles. The lowest BCUT2D eigenvalue weighted by Gasteiger charge is -2.34. The van der Waals surface area contributed by atoms with Gasteiger partial charge in [0.1, 0.15) is 35.3 Å². The van der Waals surface area contributed by atoms with Gasteiger partial charge in [0, 0.05) is 56.4 Å². The highest BCUT2D eigenvalue weighted by Gasteiger charge is 2.35. The van der Waals surface area contributed by atoms with Gasteiger partial charge >= 0.3 is 6.01 Å². The minimum Gasteiger partial charge on any atom is -0.508 e. The zero-order valence-corrected chi connectivity index (χ0v) is 30.0. The predicted molar refractivity (Wildman–Crippen MR) is 197 cm³/mol. The second-order valence-corrected chi connectivity index (χ2v) is 14.0. The summed E-state index contributed by atoms with van der Waals surface area (Å²) in [5.74, 6) is -1.68. The maximum Gasteiger partial charge on any atom is 0.319 e. The van der Waals surface area contributed by atoms with Gasteiger partial charge in [-0.3, -0.25) is 4.90 Å². The average Bonchev–Trinajstić information content (AvgIpc) is 3.70. The van der Waals surface area contributed by atoms with Gasteiger partial charge in [-0.15, -0.1) is 6.58 Å².